The highest BCUT2D eigenvalue weighted by atomic mass is 35.5. The molecule has 1 saturated heterocycles. The Morgan fingerprint density at radius 3 is 2.38 bits per heavy atom. The van der Waals surface area contributed by atoms with Crippen LogP contribution >= 0.6 is 11.6 Å². The maximum atomic E-state index is 5.74. The van der Waals surface area contributed by atoms with Crippen LogP contribution in [-0.2, 0) is 6.42 Å². The van der Waals surface area contributed by atoms with Crippen LogP contribution in [0.3, 0.4) is 0 Å². The van der Waals surface area contributed by atoms with E-state index in [1.807, 2.05) is 0 Å². The topological polar surface area (TPSA) is 3.24 Å². The molecule has 0 saturated carbocycles. The van der Waals surface area contributed by atoms with Crippen molar-refractivity contribution in [2.45, 2.75) is 25.2 Å². The number of rotatable bonds is 3. The highest BCUT2D eigenvalue weighted by molar-refractivity contribution is 6.17. The van der Waals surface area contributed by atoms with E-state index in [9.17, 15) is 0 Å². The predicted octanol–water partition coefficient (Wildman–Crippen LogP) is 3.28. The summed E-state index contributed by atoms with van der Waals surface area (Å²) in [4.78, 5) is 2.42. The third-order valence-corrected chi connectivity index (χ3v) is 3.74. The van der Waals surface area contributed by atoms with Crippen LogP contribution < -0.4 is 0 Å². The molecule has 0 radical (unpaired) electrons. The van der Waals surface area contributed by atoms with Gasteiger partial charge in [-0.2, -0.15) is 0 Å². The molecule has 2 rings (SSSR count). The molecule has 1 heterocycles. The van der Waals surface area contributed by atoms with E-state index in [0.717, 1.165) is 12.3 Å². The van der Waals surface area contributed by atoms with Gasteiger partial charge in [0.1, 0.15) is 0 Å². The van der Waals surface area contributed by atoms with Gasteiger partial charge in [-0.3, -0.25) is 0 Å². The van der Waals surface area contributed by atoms with Crippen LogP contribution in [0, 0.1) is 0 Å². The smallest absolute Gasteiger partial charge is 0.0263 e. The number of aryl methyl sites for hydroxylation is 1. The molecular weight excluding hydrogens is 218 g/mol. The molecule has 0 bridgehead atoms. The minimum absolute atomic E-state index is 0.716. The lowest BCUT2D eigenvalue weighted by molar-refractivity contribution is 0.255. The second-order valence-corrected chi connectivity index (χ2v) is 5.14. The molecule has 1 aromatic carbocycles. The zero-order valence-electron chi connectivity index (χ0n) is 9.95. The first-order valence-corrected chi connectivity index (χ1v) is 6.66. The van der Waals surface area contributed by atoms with E-state index in [4.69, 9.17) is 11.6 Å². The summed E-state index contributed by atoms with van der Waals surface area (Å²) in [5, 5.41) is 0. The summed E-state index contributed by atoms with van der Waals surface area (Å²) in [6.07, 6.45) is 3.58. The summed E-state index contributed by atoms with van der Waals surface area (Å²) in [5.74, 6) is 1.48. The molecule has 0 spiro atoms. The second kappa shape index (κ2) is 5.70. The molecule has 2 heteroatoms. The van der Waals surface area contributed by atoms with Crippen LogP contribution in [0.4, 0.5) is 0 Å². The van der Waals surface area contributed by atoms with E-state index in [0.29, 0.717) is 5.88 Å². The van der Waals surface area contributed by atoms with Crippen molar-refractivity contribution >= 4 is 11.6 Å². The first-order valence-electron chi connectivity index (χ1n) is 6.13. The number of nitrogens with zero attached hydrogens (tertiary/aromatic N) is 1. The fourth-order valence-corrected chi connectivity index (χ4v) is 2.63. The first kappa shape index (κ1) is 11.9. The van der Waals surface area contributed by atoms with Gasteiger partial charge in [0, 0.05) is 5.88 Å². The minimum Gasteiger partial charge on any atom is -0.306 e. The summed E-state index contributed by atoms with van der Waals surface area (Å²) in [6, 6.07) is 9.04. The van der Waals surface area contributed by atoms with Gasteiger partial charge >= 0.3 is 0 Å². The Morgan fingerprint density at radius 1 is 1.19 bits per heavy atom. The van der Waals surface area contributed by atoms with Crippen LogP contribution in [0.25, 0.3) is 0 Å². The lowest BCUT2D eigenvalue weighted by atomic mass is 9.89. The Morgan fingerprint density at radius 2 is 1.81 bits per heavy atom. The summed E-state index contributed by atoms with van der Waals surface area (Å²) >= 11 is 5.74. The Kier molecular flexibility index (Phi) is 4.25. The van der Waals surface area contributed by atoms with Gasteiger partial charge in [0.15, 0.2) is 0 Å². The van der Waals surface area contributed by atoms with Gasteiger partial charge in [-0.25, -0.2) is 0 Å². The van der Waals surface area contributed by atoms with Gasteiger partial charge in [-0.05, 0) is 56.4 Å². The Bertz CT molecular complexity index is 312. The van der Waals surface area contributed by atoms with Crippen molar-refractivity contribution in [3.63, 3.8) is 0 Å². The summed E-state index contributed by atoms with van der Waals surface area (Å²) in [6.45, 7) is 2.46. The molecule has 0 N–H and O–H groups in total. The molecule has 0 amide bonds. The molecule has 0 unspecified atom stereocenters. The molecule has 1 aliphatic rings. The van der Waals surface area contributed by atoms with Gasteiger partial charge in [-0.1, -0.05) is 24.3 Å². The Balaban J connectivity index is 1.98. The molecule has 1 aromatic rings. The van der Waals surface area contributed by atoms with Gasteiger partial charge in [-0.15, -0.1) is 11.6 Å². The third-order valence-electron chi connectivity index (χ3n) is 3.55. The Hall–Kier alpha value is -0.530. The molecule has 1 nitrogen and oxygen atoms in total. The maximum absolute atomic E-state index is 5.74. The molecule has 88 valence electrons. The van der Waals surface area contributed by atoms with Gasteiger partial charge in [0.2, 0.25) is 0 Å². The van der Waals surface area contributed by atoms with Crippen molar-refractivity contribution < 1.29 is 0 Å². The van der Waals surface area contributed by atoms with Gasteiger partial charge in [0.25, 0.3) is 0 Å². The molecule has 0 aromatic heterocycles. The summed E-state index contributed by atoms with van der Waals surface area (Å²) < 4.78 is 0. The molecule has 0 aliphatic carbocycles. The summed E-state index contributed by atoms with van der Waals surface area (Å²) in [5.41, 5.74) is 2.86. The lowest BCUT2D eigenvalue weighted by Gasteiger charge is -2.29. The number of piperidine rings is 1. The maximum Gasteiger partial charge on any atom is 0.0263 e. The zero-order chi connectivity index (χ0) is 11.4. The predicted molar refractivity (Wildman–Crippen MR) is 70.3 cm³/mol. The Labute approximate surface area is 103 Å². The normalized spacial score (nSPS) is 18.9. The lowest BCUT2D eigenvalue weighted by Crippen LogP contribution is -2.29. The van der Waals surface area contributed by atoms with Crippen LogP contribution in [0.5, 0.6) is 0 Å². The van der Waals surface area contributed by atoms with Crippen molar-refractivity contribution in [3.05, 3.63) is 35.4 Å². The number of alkyl halides is 1. The van der Waals surface area contributed by atoms with Crippen molar-refractivity contribution in [1.82, 2.24) is 4.90 Å². The number of likely N-dealkylation sites (tertiary alicyclic amines) is 1. The first-order chi connectivity index (χ1) is 7.79. The SMILES string of the molecule is CN1CCC(c2ccc(CCCl)cc2)CC1. The fourth-order valence-electron chi connectivity index (χ4n) is 2.41. The van der Waals surface area contributed by atoms with E-state index in [2.05, 4.69) is 36.2 Å². The zero-order valence-corrected chi connectivity index (χ0v) is 10.7. The van der Waals surface area contributed by atoms with Crippen LogP contribution in [0.1, 0.15) is 29.9 Å². The average Bonchev–Trinajstić information content (AvgIpc) is 2.32. The molecule has 1 fully saturated rings. The monoisotopic (exact) mass is 237 g/mol. The van der Waals surface area contributed by atoms with E-state index in [-0.39, 0.29) is 0 Å². The summed E-state index contributed by atoms with van der Waals surface area (Å²) in [7, 11) is 2.21. The molecular formula is C14H20ClN. The highest BCUT2D eigenvalue weighted by Crippen LogP contribution is 2.27. The number of hydrogen-bond donors (Lipinski definition) is 0. The average molecular weight is 238 g/mol. The van der Waals surface area contributed by atoms with Crippen LogP contribution in [0.2, 0.25) is 0 Å². The van der Waals surface area contributed by atoms with Crippen molar-refractivity contribution in [1.29, 1.82) is 0 Å². The highest BCUT2D eigenvalue weighted by Gasteiger charge is 2.17. The van der Waals surface area contributed by atoms with Gasteiger partial charge < -0.3 is 4.90 Å². The number of halogens is 1. The fraction of sp³-hybridized carbons (Fsp3) is 0.571. The standard InChI is InChI=1S/C14H20ClN/c1-16-10-7-14(8-11-16)13-4-2-12(3-5-13)6-9-15/h2-5,14H,6-11H2,1H3. The van der Waals surface area contributed by atoms with Crippen LogP contribution in [0.15, 0.2) is 24.3 Å². The molecule has 1 aliphatic heterocycles. The number of benzene rings is 1. The molecule has 0 atom stereocenters. The van der Waals surface area contributed by atoms with E-state index >= 15 is 0 Å². The molecule has 16 heavy (non-hydrogen) atoms. The van der Waals surface area contributed by atoms with E-state index in [1.165, 1.54) is 37.1 Å². The van der Waals surface area contributed by atoms with Crippen molar-refractivity contribution in [2.75, 3.05) is 26.0 Å². The largest absolute Gasteiger partial charge is 0.306 e. The second-order valence-electron chi connectivity index (χ2n) is 4.76. The number of hydrogen-bond acceptors (Lipinski definition) is 1. The van der Waals surface area contributed by atoms with Crippen molar-refractivity contribution in [2.24, 2.45) is 0 Å². The van der Waals surface area contributed by atoms with Crippen molar-refractivity contribution in [3.8, 4) is 0 Å². The van der Waals surface area contributed by atoms with Gasteiger partial charge in [0.05, 0.1) is 0 Å². The van der Waals surface area contributed by atoms with Crippen LogP contribution in [-0.4, -0.2) is 30.9 Å². The minimum atomic E-state index is 0.716. The van der Waals surface area contributed by atoms with E-state index < -0.39 is 0 Å². The third kappa shape index (κ3) is 2.99. The van der Waals surface area contributed by atoms with E-state index in [1.54, 1.807) is 0 Å². The quantitative estimate of drug-likeness (QED) is 0.730.